The van der Waals surface area contributed by atoms with Crippen LogP contribution in [0.25, 0.3) is 0 Å². The largest absolute Gasteiger partial charge is 0.313 e. The molecule has 17 heavy (non-hydrogen) atoms. The van der Waals surface area contributed by atoms with Gasteiger partial charge in [0.05, 0.1) is 12.7 Å². The minimum Gasteiger partial charge on any atom is -0.313 e. The van der Waals surface area contributed by atoms with Crippen molar-refractivity contribution in [2.45, 2.75) is 39.3 Å². The molecule has 0 amide bonds. The summed E-state index contributed by atoms with van der Waals surface area (Å²) in [5, 5.41) is 7.94. The molecule has 4 heteroatoms. The van der Waals surface area contributed by atoms with Crippen LogP contribution >= 0.6 is 0 Å². The molecule has 1 N–H and O–H groups in total. The monoisotopic (exact) mass is 236 g/mol. The Bertz CT molecular complexity index is 334. The van der Waals surface area contributed by atoms with Gasteiger partial charge >= 0.3 is 0 Å². The highest BCUT2D eigenvalue weighted by Crippen LogP contribution is 2.04. The molecule has 1 fully saturated rings. The van der Waals surface area contributed by atoms with E-state index in [0.717, 1.165) is 19.6 Å². The van der Waals surface area contributed by atoms with E-state index < -0.39 is 0 Å². The number of hydrogen-bond acceptors (Lipinski definition) is 3. The molecular weight excluding hydrogens is 212 g/mol. The van der Waals surface area contributed by atoms with E-state index in [0.29, 0.717) is 6.04 Å². The van der Waals surface area contributed by atoms with Gasteiger partial charge in [-0.1, -0.05) is 6.92 Å². The van der Waals surface area contributed by atoms with Crippen molar-refractivity contribution >= 4 is 0 Å². The second-order valence-electron chi connectivity index (χ2n) is 4.99. The van der Waals surface area contributed by atoms with E-state index in [-0.39, 0.29) is 0 Å². The molecule has 0 bridgehead atoms. The van der Waals surface area contributed by atoms with Crippen LogP contribution in [0.3, 0.4) is 0 Å². The van der Waals surface area contributed by atoms with Crippen LogP contribution in [0, 0.1) is 6.92 Å². The van der Waals surface area contributed by atoms with Gasteiger partial charge in [-0.3, -0.25) is 9.58 Å². The Labute approximate surface area is 104 Å². The van der Waals surface area contributed by atoms with E-state index in [4.69, 9.17) is 0 Å². The van der Waals surface area contributed by atoms with Crippen molar-refractivity contribution in [3.05, 3.63) is 18.0 Å². The molecule has 1 saturated heterocycles. The summed E-state index contributed by atoms with van der Waals surface area (Å²) in [6, 6.07) is 0.664. The molecular formula is C13H24N4. The third-order valence-electron chi connectivity index (χ3n) is 3.46. The topological polar surface area (TPSA) is 33.1 Å². The van der Waals surface area contributed by atoms with E-state index >= 15 is 0 Å². The third-order valence-corrected chi connectivity index (χ3v) is 3.46. The molecule has 0 saturated carbocycles. The lowest BCUT2D eigenvalue weighted by molar-refractivity contribution is 0.251. The average Bonchev–Trinajstić information content (AvgIpc) is 2.62. The van der Waals surface area contributed by atoms with Crippen molar-refractivity contribution in [3.8, 4) is 0 Å². The first-order valence-electron chi connectivity index (χ1n) is 6.72. The smallest absolute Gasteiger partial charge is 0.0536 e. The van der Waals surface area contributed by atoms with Crippen LogP contribution in [0.1, 0.15) is 25.3 Å². The summed E-state index contributed by atoms with van der Waals surface area (Å²) in [5.41, 5.74) is 1.24. The fourth-order valence-corrected chi connectivity index (χ4v) is 2.39. The molecule has 0 aliphatic carbocycles. The minimum atomic E-state index is 0.664. The van der Waals surface area contributed by atoms with Gasteiger partial charge in [0, 0.05) is 25.3 Å². The predicted octanol–water partition coefficient (Wildman–Crippen LogP) is 1.27. The van der Waals surface area contributed by atoms with Crippen molar-refractivity contribution in [3.63, 3.8) is 0 Å². The van der Waals surface area contributed by atoms with E-state index in [2.05, 4.69) is 40.0 Å². The van der Waals surface area contributed by atoms with Crippen molar-refractivity contribution in [2.75, 3.05) is 26.2 Å². The molecule has 0 spiro atoms. The number of nitrogens with one attached hydrogen (secondary N) is 1. The first-order valence-corrected chi connectivity index (χ1v) is 6.72. The molecule has 0 radical (unpaired) electrons. The number of nitrogens with zero attached hydrogens (tertiary/aromatic N) is 3. The number of hydrogen-bond donors (Lipinski definition) is 1. The van der Waals surface area contributed by atoms with Gasteiger partial charge in [0.1, 0.15) is 0 Å². The third kappa shape index (κ3) is 3.82. The highest BCUT2D eigenvalue weighted by atomic mass is 15.3. The second-order valence-corrected chi connectivity index (χ2v) is 4.99. The van der Waals surface area contributed by atoms with Gasteiger partial charge in [0.2, 0.25) is 0 Å². The van der Waals surface area contributed by atoms with Gasteiger partial charge in [-0.15, -0.1) is 0 Å². The summed E-state index contributed by atoms with van der Waals surface area (Å²) < 4.78 is 2.05. The number of rotatable bonds is 4. The van der Waals surface area contributed by atoms with Gasteiger partial charge in [-0.05, 0) is 38.4 Å². The highest BCUT2D eigenvalue weighted by molar-refractivity contribution is 4.99. The lowest BCUT2D eigenvalue weighted by Crippen LogP contribution is -2.38. The normalized spacial score (nSPS) is 22.6. The molecule has 1 atom stereocenters. The summed E-state index contributed by atoms with van der Waals surface area (Å²) in [4.78, 5) is 2.56. The van der Waals surface area contributed by atoms with E-state index in [9.17, 15) is 0 Å². The summed E-state index contributed by atoms with van der Waals surface area (Å²) in [5.74, 6) is 0. The Balaban J connectivity index is 1.81. The molecule has 1 aliphatic rings. The molecule has 1 unspecified atom stereocenters. The quantitative estimate of drug-likeness (QED) is 0.854. The molecule has 96 valence electrons. The Morgan fingerprint density at radius 2 is 2.35 bits per heavy atom. The second kappa shape index (κ2) is 6.17. The van der Waals surface area contributed by atoms with Crippen LogP contribution in [-0.4, -0.2) is 46.9 Å². The standard InChI is InChI=1S/C13H24N4/c1-3-13-11-16(6-4-5-14-13)7-8-17-10-12(2)9-15-17/h9-10,13-14H,3-8,11H2,1-2H3. The van der Waals surface area contributed by atoms with Crippen LogP contribution < -0.4 is 5.32 Å². The lowest BCUT2D eigenvalue weighted by Gasteiger charge is -2.23. The van der Waals surface area contributed by atoms with E-state index in [1.54, 1.807) is 0 Å². The first kappa shape index (κ1) is 12.6. The zero-order valence-electron chi connectivity index (χ0n) is 11.0. The zero-order valence-corrected chi connectivity index (χ0v) is 11.0. The van der Waals surface area contributed by atoms with Gasteiger partial charge in [0.25, 0.3) is 0 Å². The molecule has 1 aromatic heterocycles. The molecule has 2 rings (SSSR count). The molecule has 0 aromatic carbocycles. The van der Waals surface area contributed by atoms with Gasteiger partial charge in [-0.25, -0.2) is 0 Å². The number of aromatic nitrogens is 2. The Kier molecular flexibility index (Phi) is 4.57. The molecule has 2 heterocycles. The Morgan fingerprint density at radius 1 is 1.47 bits per heavy atom. The summed E-state index contributed by atoms with van der Waals surface area (Å²) in [6.45, 7) is 10.0. The fourth-order valence-electron chi connectivity index (χ4n) is 2.39. The van der Waals surface area contributed by atoms with E-state index in [1.165, 1.54) is 31.5 Å². The maximum atomic E-state index is 4.34. The van der Waals surface area contributed by atoms with Gasteiger partial charge in [-0.2, -0.15) is 5.10 Å². The fraction of sp³-hybridized carbons (Fsp3) is 0.769. The summed E-state index contributed by atoms with van der Waals surface area (Å²) in [7, 11) is 0. The first-order chi connectivity index (χ1) is 8.28. The minimum absolute atomic E-state index is 0.664. The maximum absolute atomic E-state index is 4.34. The van der Waals surface area contributed by atoms with Crippen LogP contribution in [0.4, 0.5) is 0 Å². The molecule has 4 nitrogen and oxygen atoms in total. The highest BCUT2D eigenvalue weighted by Gasteiger charge is 2.15. The van der Waals surface area contributed by atoms with Crippen LogP contribution in [0.5, 0.6) is 0 Å². The lowest BCUT2D eigenvalue weighted by atomic mass is 10.2. The average molecular weight is 236 g/mol. The van der Waals surface area contributed by atoms with Gasteiger partial charge in [0.15, 0.2) is 0 Å². The van der Waals surface area contributed by atoms with Crippen molar-refractivity contribution in [1.82, 2.24) is 20.0 Å². The van der Waals surface area contributed by atoms with Gasteiger partial charge < -0.3 is 5.32 Å². The SMILES string of the molecule is CCC1CN(CCn2cc(C)cn2)CCCN1. The zero-order chi connectivity index (χ0) is 12.1. The Morgan fingerprint density at radius 3 is 3.06 bits per heavy atom. The Hall–Kier alpha value is -0.870. The van der Waals surface area contributed by atoms with Crippen LogP contribution in [-0.2, 0) is 6.54 Å². The maximum Gasteiger partial charge on any atom is 0.0536 e. The van der Waals surface area contributed by atoms with Crippen molar-refractivity contribution in [1.29, 1.82) is 0 Å². The summed E-state index contributed by atoms with van der Waals surface area (Å²) in [6.07, 6.45) is 6.53. The number of aryl methyl sites for hydroxylation is 1. The predicted molar refractivity (Wildman–Crippen MR) is 70.1 cm³/mol. The van der Waals surface area contributed by atoms with Crippen molar-refractivity contribution < 1.29 is 0 Å². The van der Waals surface area contributed by atoms with Crippen LogP contribution in [0.15, 0.2) is 12.4 Å². The molecule has 1 aliphatic heterocycles. The van der Waals surface area contributed by atoms with Crippen molar-refractivity contribution in [2.24, 2.45) is 0 Å². The van der Waals surface area contributed by atoms with Crippen LogP contribution in [0.2, 0.25) is 0 Å². The molecule has 1 aromatic rings. The van der Waals surface area contributed by atoms with E-state index in [1.807, 2.05) is 6.20 Å². The summed E-state index contributed by atoms with van der Waals surface area (Å²) >= 11 is 0.